The number of hydrogen-bond donors (Lipinski definition) is 4. The molecule has 24 heavy (non-hydrogen) atoms. The van der Waals surface area contributed by atoms with Gasteiger partial charge in [0.2, 0.25) is 0 Å². The Kier molecular flexibility index (Phi) is 4.26. The third-order valence-electron chi connectivity index (χ3n) is 3.78. The van der Waals surface area contributed by atoms with Crippen LogP contribution in [0.2, 0.25) is 0 Å². The Labute approximate surface area is 141 Å². The molecule has 2 aromatic carbocycles. The Hall–Kier alpha value is -2.80. The van der Waals surface area contributed by atoms with Crippen molar-refractivity contribution in [2.24, 2.45) is 0 Å². The van der Waals surface area contributed by atoms with Gasteiger partial charge in [-0.2, -0.15) is 12.6 Å². The van der Waals surface area contributed by atoms with Crippen molar-refractivity contribution in [3.63, 3.8) is 0 Å². The minimum atomic E-state index is -1.15. The number of carboxylic acids is 1. The van der Waals surface area contributed by atoms with E-state index < -0.39 is 17.9 Å². The number of thiol groups is 1. The van der Waals surface area contributed by atoms with E-state index in [0.717, 1.165) is 10.8 Å². The molecule has 0 aliphatic carbocycles. The number of fused-ring (bicyclic) bond motifs is 3. The number of rotatable bonds is 4. The van der Waals surface area contributed by atoms with Crippen LogP contribution in [0.15, 0.2) is 47.3 Å². The van der Waals surface area contributed by atoms with E-state index in [1.54, 1.807) is 24.3 Å². The van der Waals surface area contributed by atoms with Gasteiger partial charge in [0, 0.05) is 27.6 Å². The largest absolute Gasteiger partial charge is 0.480 e. The lowest BCUT2D eigenvalue weighted by Crippen LogP contribution is -2.42. The predicted octanol–water partition coefficient (Wildman–Crippen LogP) is 1.79. The number of pyridine rings is 1. The van der Waals surface area contributed by atoms with Crippen LogP contribution >= 0.6 is 12.6 Å². The molecule has 0 saturated carbocycles. The molecule has 0 aliphatic rings. The summed E-state index contributed by atoms with van der Waals surface area (Å²) in [5.74, 6) is -1.71. The average Bonchev–Trinajstić information content (AvgIpc) is 2.59. The Balaban J connectivity index is 2.06. The van der Waals surface area contributed by atoms with Crippen molar-refractivity contribution in [1.29, 1.82) is 0 Å². The molecule has 1 atom stereocenters. The highest BCUT2D eigenvalue weighted by Crippen LogP contribution is 2.22. The quantitative estimate of drug-likeness (QED) is 0.429. The summed E-state index contributed by atoms with van der Waals surface area (Å²) in [5, 5.41) is 13.6. The molecule has 0 unspecified atom stereocenters. The van der Waals surface area contributed by atoms with Crippen LogP contribution in [-0.2, 0) is 4.79 Å². The number of benzene rings is 2. The van der Waals surface area contributed by atoms with E-state index in [0.29, 0.717) is 10.9 Å². The number of carbonyl (C=O) groups excluding carboxylic acids is 1. The molecular formula is C17H14N2O4S. The summed E-state index contributed by atoms with van der Waals surface area (Å²) in [7, 11) is 0. The van der Waals surface area contributed by atoms with Crippen LogP contribution in [0.1, 0.15) is 10.4 Å². The van der Waals surface area contributed by atoms with Crippen molar-refractivity contribution < 1.29 is 14.7 Å². The Morgan fingerprint density at radius 1 is 1.12 bits per heavy atom. The first-order chi connectivity index (χ1) is 11.5. The highest BCUT2D eigenvalue weighted by Gasteiger charge is 2.19. The number of hydrogen-bond acceptors (Lipinski definition) is 4. The van der Waals surface area contributed by atoms with Gasteiger partial charge in [0.05, 0.1) is 0 Å². The molecule has 0 bridgehead atoms. The second-order valence-corrected chi connectivity index (χ2v) is 5.67. The maximum atomic E-state index is 12.2. The van der Waals surface area contributed by atoms with Crippen molar-refractivity contribution in [2.45, 2.75) is 6.04 Å². The van der Waals surface area contributed by atoms with E-state index in [4.69, 9.17) is 5.11 Å². The molecule has 3 aromatic rings. The molecule has 0 aliphatic heterocycles. The summed E-state index contributed by atoms with van der Waals surface area (Å²) in [6, 6.07) is 11.0. The normalized spacial score (nSPS) is 12.2. The zero-order valence-corrected chi connectivity index (χ0v) is 13.3. The maximum Gasteiger partial charge on any atom is 0.327 e. The van der Waals surface area contributed by atoms with Gasteiger partial charge in [0.15, 0.2) is 0 Å². The second-order valence-electron chi connectivity index (χ2n) is 5.31. The number of aliphatic carboxylic acids is 1. The minimum absolute atomic E-state index is 0.0177. The van der Waals surface area contributed by atoms with E-state index >= 15 is 0 Å². The summed E-state index contributed by atoms with van der Waals surface area (Å²) < 4.78 is 0. The fraction of sp³-hybridized carbons (Fsp3) is 0.118. The Morgan fingerprint density at radius 2 is 1.83 bits per heavy atom. The molecular weight excluding hydrogens is 328 g/mol. The van der Waals surface area contributed by atoms with Crippen molar-refractivity contribution in [2.75, 3.05) is 5.75 Å². The van der Waals surface area contributed by atoms with Gasteiger partial charge in [-0.05, 0) is 23.6 Å². The van der Waals surface area contributed by atoms with Crippen LogP contribution in [0.3, 0.4) is 0 Å². The van der Waals surface area contributed by atoms with Crippen LogP contribution in [0.5, 0.6) is 0 Å². The van der Waals surface area contributed by atoms with Gasteiger partial charge in [-0.25, -0.2) is 4.79 Å². The summed E-state index contributed by atoms with van der Waals surface area (Å²) in [6.07, 6.45) is 0. The highest BCUT2D eigenvalue weighted by molar-refractivity contribution is 7.80. The van der Waals surface area contributed by atoms with Crippen molar-refractivity contribution >= 4 is 46.2 Å². The summed E-state index contributed by atoms with van der Waals surface area (Å²) in [4.78, 5) is 38.1. The molecule has 0 radical (unpaired) electrons. The summed E-state index contributed by atoms with van der Waals surface area (Å²) in [6.45, 7) is 0. The lowest BCUT2D eigenvalue weighted by molar-refractivity contribution is -0.138. The Bertz CT molecular complexity index is 1010. The van der Waals surface area contributed by atoms with Crippen LogP contribution in [0.25, 0.3) is 21.7 Å². The van der Waals surface area contributed by atoms with Gasteiger partial charge < -0.3 is 15.4 Å². The molecule has 0 saturated heterocycles. The maximum absolute atomic E-state index is 12.2. The standard InChI is InChI=1S/C17H14N2O4S/c20-15(19-14(8-24)17(22)23)9-5-6-11-10-3-1-2-4-12(10)16(21)18-13(11)7-9/h1-7,14,24H,8H2,(H,18,21)(H,19,20)(H,22,23)/t14-/m0/s1. The lowest BCUT2D eigenvalue weighted by Gasteiger charge is -2.12. The number of aromatic amines is 1. The lowest BCUT2D eigenvalue weighted by atomic mass is 10.0. The molecule has 3 N–H and O–H groups in total. The van der Waals surface area contributed by atoms with Gasteiger partial charge in [0.25, 0.3) is 11.5 Å². The molecule has 3 rings (SSSR count). The summed E-state index contributed by atoms with van der Waals surface area (Å²) >= 11 is 3.91. The van der Waals surface area contributed by atoms with Crippen molar-refractivity contribution in [1.82, 2.24) is 10.3 Å². The van der Waals surface area contributed by atoms with Gasteiger partial charge in [0.1, 0.15) is 6.04 Å². The third-order valence-corrected chi connectivity index (χ3v) is 4.14. The smallest absolute Gasteiger partial charge is 0.327 e. The number of carboxylic acid groups (broad SMARTS) is 1. The fourth-order valence-electron chi connectivity index (χ4n) is 2.56. The first kappa shape index (κ1) is 16.1. The number of amides is 1. The van der Waals surface area contributed by atoms with E-state index in [-0.39, 0.29) is 16.9 Å². The van der Waals surface area contributed by atoms with Crippen LogP contribution < -0.4 is 10.9 Å². The first-order valence-electron chi connectivity index (χ1n) is 7.20. The number of carbonyl (C=O) groups is 2. The van der Waals surface area contributed by atoms with E-state index in [2.05, 4.69) is 22.9 Å². The molecule has 122 valence electrons. The Morgan fingerprint density at radius 3 is 2.50 bits per heavy atom. The van der Waals surface area contributed by atoms with E-state index in [1.807, 2.05) is 12.1 Å². The zero-order chi connectivity index (χ0) is 17.3. The monoisotopic (exact) mass is 342 g/mol. The molecule has 1 heterocycles. The number of nitrogens with one attached hydrogen (secondary N) is 2. The van der Waals surface area contributed by atoms with Crippen LogP contribution in [0.4, 0.5) is 0 Å². The minimum Gasteiger partial charge on any atom is -0.480 e. The summed E-state index contributed by atoms with van der Waals surface area (Å²) in [5.41, 5.74) is 0.542. The molecule has 1 aromatic heterocycles. The predicted molar refractivity (Wildman–Crippen MR) is 94.8 cm³/mol. The molecule has 6 nitrogen and oxygen atoms in total. The average molecular weight is 342 g/mol. The topological polar surface area (TPSA) is 99.3 Å². The zero-order valence-electron chi connectivity index (χ0n) is 12.4. The van der Waals surface area contributed by atoms with Gasteiger partial charge in [-0.3, -0.25) is 9.59 Å². The molecule has 7 heteroatoms. The molecule has 1 amide bonds. The first-order valence-corrected chi connectivity index (χ1v) is 7.84. The van der Waals surface area contributed by atoms with Crippen molar-refractivity contribution in [3.05, 3.63) is 58.4 Å². The van der Waals surface area contributed by atoms with E-state index in [9.17, 15) is 14.4 Å². The van der Waals surface area contributed by atoms with Gasteiger partial charge >= 0.3 is 5.97 Å². The van der Waals surface area contributed by atoms with Crippen LogP contribution in [0, 0.1) is 0 Å². The third kappa shape index (κ3) is 2.85. The van der Waals surface area contributed by atoms with Crippen LogP contribution in [-0.4, -0.2) is 33.8 Å². The number of aromatic nitrogens is 1. The second kappa shape index (κ2) is 6.37. The molecule has 0 fully saturated rings. The van der Waals surface area contributed by atoms with Crippen molar-refractivity contribution in [3.8, 4) is 0 Å². The SMILES string of the molecule is O=C(N[C@@H](CS)C(=O)O)c1ccc2c(c1)[nH]c(=O)c1ccccc12. The number of H-pyrrole nitrogens is 1. The van der Waals surface area contributed by atoms with Gasteiger partial charge in [-0.15, -0.1) is 0 Å². The highest BCUT2D eigenvalue weighted by atomic mass is 32.1. The molecule has 0 spiro atoms. The van der Waals surface area contributed by atoms with Gasteiger partial charge in [-0.1, -0.05) is 24.3 Å². The van der Waals surface area contributed by atoms with E-state index in [1.165, 1.54) is 6.07 Å². The fourth-order valence-corrected chi connectivity index (χ4v) is 2.80.